The summed E-state index contributed by atoms with van der Waals surface area (Å²) in [4.78, 5) is 0. The first-order chi connectivity index (χ1) is 7.22. The van der Waals surface area contributed by atoms with E-state index < -0.39 is 0 Å². The quantitative estimate of drug-likeness (QED) is 0.811. The molecule has 1 fully saturated rings. The Morgan fingerprint density at radius 1 is 1.60 bits per heavy atom. The van der Waals surface area contributed by atoms with Crippen LogP contribution in [0, 0.1) is 11.5 Å². The van der Waals surface area contributed by atoms with Crippen molar-refractivity contribution >= 4 is 0 Å². The second-order valence-electron chi connectivity index (χ2n) is 4.30. The fraction of sp³-hybridized carbons (Fsp3) is 0.500. The smallest absolute Gasteiger partial charge is 0.119 e. The molecule has 1 aromatic carbocycles. The highest BCUT2D eigenvalue weighted by Gasteiger charge is 2.34. The second-order valence-corrected chi connectivity index (χ2v) is 4.30. The molecule has 0 aromatic heterocycles. The van der Waals surface area contributed by atoms with Gasteiger partial charge in [-0.05, 0) is 23.8 Å². The highest BCUT2D eigenvalue weighted by molar-refractivity contribution is 5.27. The van der Waals surface area contributed by atoms with Crippen LogP contribution in [-0.2, 0) is 11.3 Å². The Bertz CT molecular complexity index is 331. The van der Waals surface area contributed by atoms with E-state index in [0.717, 1.165) is 24.5 Å². The van der Waals surface area contributed by atoms with Crippen LogP contribution in [-0.4, -0.2) is 24.9 Å². The zero-order valence-electron chi connectivity index (χ0n) is 8.82. The summed E-state index contributed by atoms with van der Waals surface area (Å²) in [6, 6.07) is 8.35. The van der Waals surface area contributed by atoms with Crippen LogP contribution in [0.25, 0.3) is 0 Å². The van der Waals surface area contributed by atoms with Gasteiger partial charge in [0, 0.05) is 5.41 Å². The monoisotopic (exact) mass is 207 g/mol. The summed E-state index contributed by atoms with van der Waals surface area (Å²) in [7, 11) is 0. The highest BCUT2D eigenvalue weighted by atomic mass is 16.5. The minimum absolute atomic E-state index is 0.00240. The molecule has 1 saturated heterocycles. The van der Waals surface area contributed by atoms with Crippen LogP contribution < -0.4 is 4.74 Å². The van der Waals surface area contributed by atoms with Crippen LogP contribution in [0.3, 0.4) is 0 Å². The summed E-state index contributed by atoms with van der Waals surface area (Å²) in [5, 5.41) is 8.94. The molecule has 0 aliphatic carbocycles. The van der Waals surface area contributed by atoms with Gasteiger partial charge in [0.1, 0.15) is 5.75 Å². The summed E-state index contributed by atoms with van der Waals surface area (Å²) < 4.78 is 10.8. The fourth-order valence-electron chi connectivity index (χ4n) is 1.46. The van der Waals surface area contributed by atoms with E-state index in [4.69, 9.17) is 14.6 Å². The first-order valence-corrected chi connectivity index (χ1v) is 5.04. The average Bonchev–Trinajstić information content (AvgIpc) is 2.24. The molecule has 3 heteroatoms. The van der Waals surface area contributed by atoms with Crippen molar-refractivity contribution in [3.05, 3.63) is 29.8 Å². The Balaban J connectivity index is 1.92. The van der Waals surface area contributed by atoms with Gasteiger partial charge in [-0.1, -0.05) is 13.0 Å². The fourth-order valence-corrected chi connectivity index (χ4v) is 1.46. The van der Waals surface area contributed by atoms with Crippen molar-refractivity contribution in [2.24, 2.45) is 5.41 Å². The van der Waals surface area contributed by atoms with E-state index in [0.29, 0.717) is 6.61 Å². The molecule has 0 unspecified atom stereocenters. The number of aliphatic hydroxyl groups excluding tert-OH is 1. The summed E-state index contributed by atoms with van der Waals surface area (Å²) in [5.74, 6) is 0.783. The highest BCUT2D eigenvalue weighted by Crippen LogP contribution is 2.27. The number of aliphatic hydroxyl groups is 1. The van der Waals surface area contributed by atoms with Crippen LogP contribution in [0.5, 0.6) is 5.75 Å². The van der Waals surface area contributed by atoms with Gasteiger partial charge in [-0.3, -0.25) is 0 Å². The van der Waals surface area contributed by atoms with E-state index in [1.54, 1.807) is 6.07 Å². The summed E-state index contributed by atoms with van der Waals surface area (Å²) in [6.45, 7) is 4.32. The van der Waals surface area contributed by atoms with Crippen LogP contribution in [0.15, 0.2) is 18.2 Å². The first-order valence-electron chi connectivity index (χ1n) is 5.04. The molecule has 3 nitrogen and oxygen atoms in total. The first kappa shape index (κ1) is 10.5. The van der Waals surface area contributed by atoms with E-state index in [2.05, 4.69) is 13.0 Å². The lowest BCUT2D eigenvalue weighted by Crippen LogP contribution is -2.44. The largest absolute Gasteiger partial charge is 0.493 e. The van der Waals surface area contributed by atoms with Gasteiger partial charge in [-0.15, -0.1) is 0 Å². The molecule has 0 saturated carbocycles. The van der Waals surface area contributed by atoms with Crippen molar-refractivity contribution in [2.45, 2.75) is 13.5 Å². The lowest BCUT2D eigenvalue weighted by atomic mass is 9.90. The van der Waals surface area contributed by atoms with Gasteiger partial charge in [0.05, 0.1) is 26.4 Å². The molecule has 1 heterocycles. The molecule has 0 bridgehead atoms. The maximum Gasteiger partial charge on any atom is 0.119 e. The molecule has 0 amide bonds. The zero-order chi connectivity index (χ0) is 10.7. The zero-order valence-corrected chi connectivity index (χ0v) is 8.82. The van der Waals surface area contributed by atoms with Gasteiger partial charge in [0.2, 0.25) is 0 Å². The van der Waals surface area contributed by atoms with E-state index in [-0.39, 0.29) is 12.0 Å². The predicted molar refractivity (Wildman–Crippen MR) is 55.6 cm³/mol. The summed E-state index contributed by atoms with van der Waals surface area (Å²) >= 11 is 0. The minimum Gasteiger partial charge on any atom is -0.493 e. The molecule has 1 aromatic rings. The molecule has 0 atom stereocenters. The molecule has 1 N–H and O–H groups in total. The maximum atomic E-state index is 8.94. The van der Waals surface area contributed by atoms with E-state index in [1.165, 1.54) is 0 Å². The summed E-state index contributed by atoms with van der Waals surface area (Å²) in [5.41, 5.74) is 0.904. The van der Waals surface area contributed by atoms with E-state index in [1.807, 2.05) is 12.1 Å². The van der Waals surface area contributed by atoms with E-state index >= 15 is 0 Å². The van der Waals surface area contributed by atoms with Gasteiger partial charge in [-0.2, -0.15) is 0 Å². The lowest BCUT2D eigenvalue weighted by Gasteiger charge is -2.37. The number of ether oxygens (including phenoxy) is 2. The number of rotatable bonds is 4. The Morgan fingerprint density at radius 2 is 2.40 bits per heavy atom. The Morgan fingerprint density at radius 3 is 3.00 bits per heavy atom. The van der Waals surface area contributed by atoms with Crippen molar-refractivity contribution < 1.29 is 14.6 Å². The third-order valence-electron chi connectivity index (χ3n) is 2.49. The van der Waals surface area contributed by atoms with E-state index in [9.17, 15) is 0 Å². The van der Waals surface area contributed by atoms with Crippen molar-refractivity contribution in [3.8, 4) is 5.75 Å². The Kier molecular flexibility index (Phi) is 2.93. The molecule has 15 heavy (non-hydrogen) atoms. The average molecular weight is 207 g/mol. The second kappa shape index (κ2) is 4.21. The van der Waals surface area contributed by atoms with Crippen molar-refractivity contribution in [1.29, 1.82) is 0 Å². The molecular weight excluding hydrogens is 192 g/mol. The number of hydrogen-bond donors (Lipinski definition) is 1. The molecule has 1 radical (unpaired) electrons. The Hall–Kier alpha value is -1.06. The van der Waals surface area contributed by atoms with Gasteiger partial charge in [0.15, 0.2) is 0 Å². The van der Waals surface area contributed by atoms with Crippen LogP contribution in [0.4, 0.5) is 0 Å². The predicted octanol–water partition coefficient (Wildman–Crippen LogP) is 1.39. The molecule has 0 spiro atoms. The standard InChI is InChI=1S/C12H15O3/c1-12(7-14-8-12)9-15-11-4-2-3-10(5-11)6-13/h2,4-5,13H,6-9H2,1H3. The van der Waals surface area contributed by atoms with Crippen LogP contribution in [0.1, 0.15) is 12.5 Å². The maximum absolute atomic E-state index is 8.94. The third kappa shape index (κ3) is 2.49. The van der Waals surface area contributed by atoms with Gasteiger partial charge in [-0.25, -0.2) is 0 Å². The van der Waals surface area contributed by atoms with Gasteiger partial charge >= 0.3 is 0 Å². The lowest BCUT2D eigenvalue weighted by molar-refractivity contribution is -0.120. The number of benzene rings is 1. The third-order valence-corrected chi connectivity index (χ3v) is 2.49. The topological polar surface area (TPSA) is 38.7 Å². The molecular formula is C12H15O3. The molecule has 1 aliphatic heterocycles. The Labute approximate surface area is 89.6 Å². The SMILES string of the molecule is CC1(COc2cc[c]c(CO)c2)COC1. The summed E-state index contributed by atoms with van der Waals surface area (Å²) in [6.07, 6.45) is 0. The van der Waals surface area contributed by atoms with Gasteiger partial charge < -0.3 is 14.6 Å². The molecule has 81 valence electrons. The minimum atomic E-state index is -0.00240. The number of hydrogen-bond acceptors (Lipinski definition) is 3. The van der Waals surface area contributed by atoms with Crippen LogP contribution in [0.2, 0.25) is 0 Å². The van der Waals surface area contributed by atoms with Crippen molar-refractivity contribution in [3.63, 3.8) is 0 Å². The molecule has 2 rings (SSSR count). The normalized spacial score (nSPS) is 18.3. The van der Waals surface area contributed by atoms with Crippen molar-refractivity contribution in [2.75, 3.05) is 19.8 Å². The van der Waals surface area contributed by atoms with Crippen LogP contribution >= 0.6 is 0 Å². The van der Waals surface area contributed by atoms with Crippen molar-refractivity contribution in [1.82, 2.24) is 0 Å². The molecule has 1 aliphatic rings. The van der Waals surface area contributed by atoms with Gasteiger partial charge in [0.25, 0.3) is 0 Å².